The fraction of sp³-hybridized carbons (Fsp3) is 0.800. The van der Waals surface area contributed by atoms with E-state index in [2.05, 4.69) is 10.6 Å². The lowest BCUT2D eigenvalue weighted by molar-refractivity contribution is -0.139. The van der Waals surface area contributed by atoms with Gasteiger partial charge in [0.15, 0.2) is 0 Å². The first kappa shape index (κ1) is 16.1. The second-order valence-electron chi connectivity index (χ2n) is 3.82. The van der Waals surface area contributed by atoms with Gasteiger partial charge in [-0.25, -0.2) is 9.59 Å². The van der Waals surface area contributed by atoms with E-state index in [-0.39, 0.29) is 13.0 Å². The summed E-state index contributed by atoms with van der Waals surface area (Å²) < 4.78 is 0. The summed E-state index contributed by atoms with van der Waals surface area (Å²) in [5, 5.41) is 22.3. The van der Waals surface area contributed by atoms with E-state index < -0.39 is 18.0 Å². The molecule has 2 unspecified atom stereocenters. The maximum Gasteiger partial charge on any atom is 0.326 e. The molecule has 100 valence electrons. The lowest BCUT2D eigenvalue weighted by Gasteiger charge is -2.15. The minimum atomic E-state index is -1.15. The summed E-state index contributed by atoms with van der Waals surface area (Å²) in [7, 11) is 0. The minimum Gasteiger partial charge on any atom is -0.480 e. The van der Waals surface area contributed by atoms with Gasteiger partial charge in [0.2, 0.25) is 0 Å². The number of hydrogen-bond acceptors (Lipinski definition) is 4. The number of urea groups is 1. The van der Waals surface area contributed by atoms with Gasteiger partial charge in [0, 0.05) is 19.6 Å². The van der Waals surface area contributed by atoms with Crippen LogP contribution in [0.2, 0.25) is 0 Å². The van der Waals surface area contributed by atoms with Gasteiger partial charge in [-0.3, -0.25) is 0 Å². The molecular weight excluding hydrogens is 244 g/mol. The second kappa shape index (κ2) is 9.12. The molecular formula is C10H20N2O4S. The van der Waals surface area contributed by atoms with Gasteiger partial charge in [0.25, 0.3) is 0 Å². The standard InChI is InChI=1S/C10H20N2O4S/c1-7(6-17-2)5-11-10(16)12-8(3-4-13)9(14)15/h7-8,13H,3-6H2,1-2H3,(H,14,15)(H2,11,12,16). The predicted molar refractivity (Wildman–Crippen MR) is 67.2 cm³/mol. The molecule has 7 heteroatoms. The molecule has 0 heterocycles. The number of aliphatic hydroxyl groups is 1. The molecule has 2 atom stereocenters. The molecule has 0 aliphatic carbocycles. The fourth-order valence-corrected chi connectivity index (χ4v) is 1.89. The summed E-state index contributed by atoms with van der Waals surface area (Å²) in [6.07, 6.45) is 1.99. The van der Waals surface area contributed by atoms with Crippen LogP contribution in [0.25, 0.3) is 0 Å². The summed E-state index contributed by atoms with van der Waals surface area (Å²) >= 11 is 1.69. The number of carbonyl (C=O) groups excluding carboxylic acids is 1. The average Bonchev–Trinajstić information content (AvgIpc) is 2.26. The van der Waals surface area contributed by atoms with Crippen LogP contribution < -0.4 is 10.6 Å². The van der Waals surface area contributed by atoms with Crippen LogP contribution in [0.3, 0.4) is 0 Å². The minimum absolute atomic E-state index is 0.00309. The molecule has 0 aliphatic rings. The zero-order valence-corrected chi connectivity index (χ0v) is 10.9. The zero-order valence-electron chi connectivity index (χ0n) is 10.1. The molecule has 2 amide bonds. The van der Waals surface area contributed by atoms with Crippen LogP contribution in [0.1, 0.15) is 13.3 Å². The van der Waals surface area contributed by atoms with Gasteiger partial charge in [-0.2, -0.15) is 11.8 Å². The lowest BCUT2D eigenvalue weighted by Crippen LogP contribution is -2.47. The van der Waals surface area contributed by atoms with Crippen molar-refractivity contribution >= 4 is 23.8 Å². The first-order chi connectivity index (χ1) is 8.01. The van der Waals surface area contributed by atoms with Crippen LogP contribution in [0.5, 0.6) is 0 Å². The third kappa shape index (κ3) is 7.87. The van der Waals surface area contributed by atoms with Crippen LogP contribution in [-0.4, -0.2) is 53.4 Å². The molecule has 4 N–H and O–H groups in total. The number of hydrogen-bond donors (Lipinski definition) is 4. The number of nitrogens with one attached hydrogen (secondary N) is 2. The van der Waals surface area contributed by atoms with Crippen LogP contribution in [0.15, 0.2) is 0 Å². The molecule has 0 bridgehead atoms. The highest BCUT2D eigenvalue weighted by Gasteiger charge is 2.19. The maximum atomic E-state index is 11.4. The molecule has 6 nitrogen and oxygen atoms in total. The van der Waals surface area contributed by atoms with Gasteiger partial charge in [0.1, 0.15) is 6.04 Å². The molecule has 0 aromatic heterocycles. The summed E-state index contributed by atoms with van der Waals surface area (Å²) in [5.74, 6) is 0.113. The van der Waals surface area contributed by atoms with Crippen molar-refractivity contribution in [3.05, 3.63) is 0 Å². The average molecular weight is 264 g/mol. The number of carboxylic acid groups (broad SMARTS) is 1. The van der Waals surface area contributed by atoms with E-state index >= 15 is 0 Å². The van der Waals surface area contributed by atoms with E-state index in [1.807, 2.05) is 13.2 Å². The van der Waals surface area contributed by atoms with Gasteiger partial charge >= 0.3 is 12.0 Å². The van der Waals surface area contributed by atoms with Gasteiger partial charge in [0.05, 0.1) is 0 Å². The predicted octanol–water partition coefficient (Wildman–Crippen LogP) is 0.120. The summed E-state index contributed by atoms with van der Waals surface area (Å²) in [4.78, 5) is 22.1. The molecule has 0 saturated heterocycles. The Kier molecular flexibility index (Phi) is 8.61. The van der Waals surface area contributed by atoms with E-state index in [1.165, 1.54) is 0 Å². The quantitative estimate of drug-likeness (QED) is 0.499. The number of carbonyl (C=O) groups is 2. The highest BCUT2D eigenvalue weighted by molar-refractivity contribution is 7.98. The molecule has 17 heavy (non-hydrogen) atoms. The highest BCUT2D eigenvalue weighted by atomic mass is 32.2. The summed E-state index contributed by atoms with van der Waals surface area (Å²) in [6, 6.07) is -1.56. The Labute approximate surface area is 105 Å². The van der Waals surface area contributed by atoms with Gasteiger partial charge in [-0.1, -0.05) is 6.92 Å². The number of carboxylic acids is 1. The molecule has 0 rings (SSSR count). The molecule has 0 aromatic carbocycles. The Balaban J connectivity index is 3.93. The Morgan fingerprint density at radius 2 is 2.06 bits per heavy atom. The van der Waals surface area contributed by atoms with Crippen molar-refractivity contribution in [3.63, 3.8) is 0 Å². The van der Waals surface area contributed by atoms with Gasteiger partial charge in [-0.05, 0) is 17.9 Å². The fourth-order valence-electron chi connectivity index (χ4n) is 1.21. The number of aliphatic hydroxyl groups excluding tert-OH is 1. The monoisotopic (exact) mass is 264 g/mol. The summed E-state index contributed by atoms with van der Waals surface area (Å²) in [6.45, 7) is 2.22. The number of rotatable bonds is 8. The SMILES string of the molecule is CSCC(C)CNC(=O)NC(CCO)C(=O)O. The summed E-state index contributed by atoms with van der Waals surface area (Å²) in [5.41, 5.74) is 0. The van der Waals surface area contributed by atoms with E-state index in [1.54, 1.807) is 11.8 Å². The van der Waals surface area contributed by atoms with Crippen molar-refractivity contribution in [1.29, 1.82) is 0 Å². The largest absolute Gasteiger partial charge is 0.480 e. The number of thioether (sulfide) groups is 1. The lowest BCUT2D eigenvalue weighted by atomic mass is 10.2. The normalized spacial score (nSPS) is 13.8. The first-order valence-corrected chi connectivity index (χ1v) is 6.77. The first-order valence-electron chi connectivity index (χ1n) is 5.38. The van der Waals surface area contributed by atoms with Crippen molar-refractivity contribution in [2.75, 3.05) is 25.2 Å². The number of amides is 2. The van der Waals surface area contributed by atoms with Gasteiger partial charge in [-0.15, -0.1) is 0 Å². The van der Waals surface area contributed by atoms with Crippen LogP contribution in [0, 0.1) is 5.92 Å². The Morgan fingerprint density at radius 1 is 1.41 bits per heavy atom. The van der Waals surface area contributed by atoms with E-state index in [0.29, 0.717) is 12.5 Å². The van der Waals surface area contributed by atoms with Crippen molar-refractivity contribution in [3.8, 4) is 0 Å². The van der Waals surface area contributed by atoms with Crippen LogP contribution in [0.4, 0.5) is 4.79 Å². The molecule has 0 spiro atoms. The van der Waals surface area contributed by atoms with Crippen LogP contribution >= 0.6 is 11.8 Å². The maximum absolute atomic E-state index is 11.4. The molecule has 0 aliphatic heterocycles. The van der Waals surface area contributed by atoms with Crippen molar-refractivity contribution in [2.24, 2.45) is 5.92 Å². The van der Waals surface area contributed by atoms with Crippen LogP contribution in [-0.2, 0) is 4.79 Å². The van der Waals surface area contributed by atoms with E-state index in [0.717, 1.165) is 5.75 Å². The zero-order chi connectivity index (χ0) is 13.3. The van der Waals surface area contributed by atoms with Crippen molar-refractivity contribution < 1.29 is 19.8 Å². The van der Waals surface area contributed by atoms with E-state index in [9.17, 15) is 9.59 Å². The third-order valence-corrected chi connectivity index (χ3v) is 2.99. The second-order valence-corrected chi connectivity index (χ2v) is 4.73. The smallest absolute Gasteiger partial charge is 0.326 e. The third-order valence-electron chi connectivity index (χ3n) is 2.08. The molecule has 0 fully saturated rings. The van der Waals surface area contributed by atoms with Crippen molar-refractivity contribution in [1.82, 2.24) is 10.6 Å². The Hall–Kier alpha value is -0.950. The molecule has 0 saturated carbocycles. The topological polar surface area (TPSA) is 98.7 Å². The molecule has 0 radical (unpaired) electrons. The Morgan fingerprint density at radius 3 is 2.53 bits per heavy atom. The number of aliphatic carboxylic acids is 1. The molecule has 0 aromatic rings. The highest BCUT2D eigenvalue weighted by Crippen LogP contribution is 2.02. The van der Waals surface area contributed by atoms with Gasteiger partial charge < -0.3 is 20.8 Å². The van der Waals surface area contributed by atoms with E-state index in [4.69, 9.17) is 10.2 Å². The van der Waals surface area contributed by atoms with Crippen molar-refractivity contribution in [2.45, 2.75) is 19.4 Å². The Bertz CT molecular complexity index is 250.